The number of carbonyl (C=O) groups is 1. The van der Waals surface area contributed by atoms with Gasteiger partial charge in [0.2, 0.25) is 5.90 Å². The summed E-state index contributed by atoms with van der Waals surface area (Å²) in [5.41, 5.74) is 0.462. The second kappa shape index (κ2) is 6.95. The Kier molecular flexibility index (Phi) is 4.56. The summed E-state index contributed by atoms with van der Waals surface area (Å²) >= 11 is 0. The van der Waals surface area contributed by atoms with Crippen LogP contribution in [0.5, 0.6) is 11.5 Å². The Labute approximate surface area is 138 Å². The molecule has 3 rings (SSSR count). The van der Waals surface area contributed by atoms with Crippen LogP contribution in [0.3, 0.4) is 0 Å². The minimum Gasteiger partial charge on any atom is -0.496 e. The number of carbonyl (C=O) groups excluding carboxylic acids is 1. The number of hydrogen-bond donors (Lipinski definition) is 0. The van der Waals surface area contributed by atoms with Crippen LogP contribution in [0, 0.1) is 5.82 Å². The standard InChI is InChI=1S/C18H14FNO4/c1-22-16-8-7-13(19)9-12(16)10-15-18(21)24-17(20-15)11-23-14-5-3-2-4-6-14/h2-10H,11H2,1H3/b15-10+. The quantitative estimate of drug-likeness (QED) is 0.625. The van der Waals surface area contributed by atoms with E-state index in [1.807, 2.05) is 18.2 Å². The predicted octanol–water partition coefficient (Wildman–Crippen LogP) is 3.21. The molecular weight excluding hydrogens is 313 g/mol. The second-order valence-electron chi connectivity index (χ2n) is 4.91. The SMILES string of the molecule is COc1ccc(F)cc1/C=C1/N=C(COc2ccccc2)OC1=O. The third-order valence-electron chi connectivity index (χ3n) is 3.25. The van der Waals surface area contributed by atoms with Crippen molar-refractivity contribution in [3.63, 3.8) is 0 Å². The summed E-state index contributed by atoms with van der Waals surface area (Å²) in [7, 11) is 1.46. The number of nitrogens with zero attached hydrogens (tertiary/aromatic N) is 1. The first-order chi connectivity index (χ1) is 11.7. The van der Waals surface area contributed by atoms with Crippen molar-refractivity contribution >= 4 is 17.9 Å². The third-order valence-corrected chi connectivity index (χ3v) is 3.25. The number of hydrogen-bond acceptors (Lipinski definition) is 5. The summed E-state index contributed by atoms with van der Waals surface area (Å²) in [6.45, 7) is 0.0212. The smallest absolute Gasteiger partial charge is 0.363 e. The lowest BCUT2D eigenvalue weighted by molar-refractivity contribution is -0.130. The van der Waals surface area contributed by atoms with Gasteiger partial charge in [-0.05, 0) is 36.4 Å². The Morgan fingerprint density at radius 1 is 1.21 bits per heavy atom. The van der Waals surface area contributed by atoms with E-state index in [2.05, 4.69) is 4.99 Å². The number of ether oxygens (including phenoxy) is 3. The monoisotopic (exact) mass is 327 g/mol. The average molecular weight is 327 g/mol. The molecule has 122 valence electrons. The zero-order chi connectivity index (χ0) is 16.9. The first-order valence-corrected chi connectivity index (χ1v) is 7.18. The highest BCUT2D eigenvalue weighted by molar-refractivity contribution is 6.07. The van der Waals surface area contributed by atoms with Crippen molar-refractivity contribution in [2.45, 2.75) is 0 Å². The van der Waals surface area contributed by atoms with Gasteiger partial charge < -0.3 is 14.2 Å². The van der Waals surface area contributed by atoms with E-state index in [0.717, 1.165) is 0 Å². The van der Waals surface area contributed by atoms with E-state index in [1.165, 1.54) is 31.4 Å². The zero-order valence-electron chi connectivity index (χ0n) is 12.9. The van der Waals surface area contributed by atoms with Crippen molar-refractivity contribution in [1.29, 1.82) is 0 Å². The van der Waals surface area contributed by atoms with E-state index in [4.69, 9.17) is 14.2 Å². The molecule has 0 unspecified atom stereocenters. The lowest BCUT2D eigenvalue weighted by Crippen LogP contribution is -2.13. The summed E-state index contributed by atoms with van der Waals surface area (Å²) in [5.74, 6) is 0.158. The molecule has 1 aliphatic rings. The lowest BCUT2D eigenvalue weighted by atomic mass is 10.1. The van der Waals surface area contributed by atoms with E-state index >= 15 is 0 Å². The number of para-hydroxylation sites is 1. The summed E-state index contributed by atoms with van der Waals surface area (Å²) in [6, 6.07) is 13.1. The highest BCUT2D eigenvalue weighted by Crippen LogP contribution is 2.24. The Hall–Kier alpha value is -3.15. The van der Waals surface area contributed by atoms with Crippen LogP contribution < -0.4 is 9.47 Å². The number of esters is 1. The van der Waals surface area contributed by atoms with Gasteiger partial charge in [-0.25, -0.2) is 14.2 Å². The highest BCUT2D eigenvalue weighted by atomic mass is 19.1. The Bertz CT molecular complexity index is 815. The van der Waals surface area contributed by atoms with E-state index in [1.54, 1.807) is 12.1 Å². The molecule has 6 heteroatoms. The van der Waals surface area contributed by atoms with Crippen LogP contribution in [-0.4, -0.2) is 25.6 Å². The second-order valence-corrected chi connectivity index (χ2v) is 4.91. The van der Waals surface area contributed by atoms with Crippen molar-refractivity contribution in [2.24, 2.45) is 4.99 Å². The molecule has 0 radical (unpaired) electrons. The number of aliphatic imine (C=N–C) groups is 1. The van der Waals surface area contributed by atoms with Crippen molar-refractivity contribution < 1.29 is 23.4 Å². The van der Waals surface area contributed by atoms with Crippen molar-refractivity contribution in [3.05, 3.63) is 65.6 Å². The van der Waals surface area contributed by atoms with Crippen LogP contribution in [0.1, 0.15) is 5.56 Å². The average Bonchev–Trinajstić information content (AvgIpc) is 2.94. The van der Waals surface area contributed by atoms with Crippen LogP contribution >= 0.6 is 0 Å². The number of cyclic esters (lactones) is 1. The molecule has 0 aliphatic carbocycles. The highest BCUT2D eigenvalue weighted by Gasteiger charge is 2.23. The number of halogens is 1. The van der Waals surface area contributed by atoms with Gasteiger partial charge in [0.15, 0.2) is 12.3 Å². The maximum Gasteiger partial charge on any atom is 0.363 e. The molecule has 1 heterocycles. The van der Waals surface area contributed by atoms with Crippen LogP contribution in [0.15, 0.2) is 59.2 Å². The molecule has 1 aliphatic heterocycles. The zero-order valence-corrected chi connectivity index (χ0v) is 12.9. The first kappa shape index (κ1) is 15.7. The molecule has 2 aromatic carbocycles. The van der Waals surface area contributed by atoms with Crippen molar-refractivity contribution in [1.82, 2.24) is 0 Å². The van der Waals surface area contributed by atoms with Gasteiger partial charge in [-0.2, -0.15) is 0 Å². The van der Waals surface area contributed by atoms with E-state index in [0.29, 0.717) is 17.1 Å². The van der Waals surface area contributed by atoms with Gasteiger partial charge >= 0.3 is 5.97 Å². The normalized spacial score (nSPS) is 15.2. The van der Waals surface area contributed by atoms with Gasteiger partial charge in [0, 0.05) is 5.56 Å². The minimum absolute atomic E-state index is 0.0212. The van der Waals surface area contributed by atoms with Gasteiger partial charge in [0.1, 0.15) is 17.3 Å². The Morgan fingerprint density at radius 2 is 2.00 bits per heavy atom. The first-order valence-electron chi connectivity index (χ1n) is 7.18. The molecule has 0 saturated heterocycles. The van der Waals surface area contributed by atoms with Gasteiger partial charge in [0.25, 0.3) is 0 Å². The molecule has 0 aromatic heterocycles. The van der Waals surface area contributed by atoms with Gasteiger partial charge in [-0.15, -0.1) is 0 Å². The minimum atomic E-state index is -0.618. The molecule has 0 atom stereocenters. The molecule has 24 heavy (non-hydrogen) atoms. The predicted molar refractivity (Wildman–Crippen MR) is 86.4 cm³/mol. The maximum absolute atomic E-state index is 13.4. The summed E-state index contributed by atoms with van der Waals surface area (Å²) in [6.07, 6.45) is 1.42. The summed E-state index contributed by atoms with van der Waals surface area (Å²) in [5, 5.41) is 0. The van der Waals surface area contributed by atoms with Crippen LogP contribution in [0.2, 0.25) is 0 Å². The van der Waals surface area contributed by atoms with Crippen molar-refractivity contribution in [2.75, 3.05) is 13.7 Å². The van der Waals surface area contributed by atoms with Gasteiger partial charge in [-0.3, -0.25) is 0 Å². The molecule has 0 spiro atoms. The molecule has 0 N–H and O–H groups in total. The largest absolute Gasteiger partial charge is 0.496 e. The fraction of sp³-hybridized carbons (Fsp3) is 0.111. The molecule has 2 aromatic rings. The number of methoxy groups -OCH3 is 1. The molecule has 0 amide bonds. The van der Waals surface area contributed by atoms with Crippen LogP contribution in [0.25, 0.3) is 6.08 Å². The Morgan fingerprint density at radius 3 is 2.75 bits per heavy atom. The van der Waals surface area contributed by atoms with Gasteiger partial charge in [-0.1, -0.05) is 18.2 Å². The summed E-state index contributed by atoms with van der Waals surface area (Å²) < 4.78 is 29.1. The van der Waals surface area contributed by atoms with E-state index < -0.39 is 11.8 Å². The molecule has 0 fully saturated rings. The number of benzene rings is 2. The molecule has 0 bridgehead atoms. The molecule has 0 saturated carbocycles. The summed E-state index contributed by atoms with van der Waals surface area (Å²) in [4.78, 5) is 16.0. The number of rotatable bonds is 5. The molecule has 5 nitrogen and oxygen atoms in total. The lowest BCUT2D eigenvalue weighted by Gasteiger charge is -2.04. The van der Waals surface area contributed by atoms with Crippen LogP contribution in [-0.2, 0) is 9.53 Å². The topological polar surface area (TPSA) is 57.1 Å². The fourth-order valence-electron chi connectivity index (χ4n) is 2.14. The Balaban J connectivity index is 1.78. The maximum atomic E-state index is 13.4. The van der Waals surface area contributed by atoms with Crippen molar-refractivity contribution in [3.8, 4) is 11.5 Å². The van der Waals surface area contributed by atoms with E-state index in [-0.39, 0.29) is 18.2 Å². The van der Waals surface area contributed by atoms with Crippen LogP contribution in [0.4, 0.5) is 4.39 Å². The van der Waals surface area contributed by atoms with E-state index in [9.17, 15) is 9.18 Å². The fourth-order valence-corrected chi connectivity index (χ4v) is 2.14. The molecular formula is C18H14FNO4. The third kappa shape index (κ3) is 3.60. The van der Waals surface area contributed by atoms with Gasteiger partial charge in [0.05, 0.1) is 7.11 Å².